The highest BCUT2D eigenvalue weighted by atomic mass is 19.1. The zero-order chi connectivity index (χ0) is 10.2. The molecule has 0 amide bonds. The van der Waals surface area contributed by atoms with Crippen molar-refractivity contribution in [1.82, 2.24) is 5.32 Å². The summed E-state index contributed by atoms with van der Waals surface area (Å²) in [4.78, 5) is 0. The number of rotatable bonds is 2. The van der Waals surface area contributed by atoms with Crippen LogP contribution in [0, 0.1) is 5.82 Å². The van der Waals surface area contributed by atoms with Crippen LogP contribution in [0.5, 0.6) is 0 Å². The molecule has 1 aliphatic rings. The first kappa shape index (κ1) is 9.58. The van der Waals surface area contributed by atoms with Crippen LogP contribution >= 0.6 is 0 Å². The van der Waals surface area contributed by atoms with E-state index in [1.807, 2.05) is 0 Å². The normalized spacial score (nSPS) is 21.4. The third-order valence-electron chi connectivity index (χ3n) is 2.67. The van der Waals surface area contributed by atoms with Crippen LogP contribution in [-0.4, -0.2) is 23.8 Å². The second-order valence-electron chi connectivity index (χ2n) is 3.74. The van der Waals surface area contributed by atoms with Crippen molar-refractivity contribution in [3.05, 3.63) is 35.6 Å². The van der Waals surface area contributed by atoms with Gasteiger partial charge in [0.1, 0.15) is 11.4 Å². The average Bonchev–Trinajstić information content (AvgIpc) is 2.14. The van der Waals surface area contributed by atoms with Crippen LogP contribution in [0.15, 0.2) is 24.3 Å². The van der Waals surface area contributed by atoms with Crippen molar-refractivity contribution in [3.63, 3.8) is 0 Å². The van der Waals surface area contributed by atoms with Crippen molar-refractivity contribution in [2.24, 2.45) is 5.73 Å². The molecule has 4 heteroatoms. The fourth-order valence-corrected chi connectivity index (χ4v) is 1.58. The van der Waals surface area contributed by atoms with E-state index in [1.165, 1.54) is 12.1 Å². The van der Waals surface area contributed by atoms with Crippen molar-refractivity contribution in [2.45, 2.75) is 11.6 Å². The predicted molar refractivity (Wildman–Crippen MR) is 51.1 cm³/mol. The molecule has 2 rings (SSSR count). The molecule has 14 heavy (non-hydrogen) atoms. The van der Waals surface area contributed by atoms with E-state index >= 15 is 0 Å². The van der Waals surface area contributed by atoms with Gasteiger partial charge < -0.3 is 16.2 Å². The van der Waals surface area contributed by atoms with E-state index in [4.69, 9.17) is 5.73 Å². The van der Waals surface area contributed by atoms with E-state index in [1.54, 1.807) is 12.1 Å². The summed E-state index contributed by atoms with van der Waals surface area (Å²) in [6.45, 7) is 0.983. The number of hydrogen-bond acceptors (Lipinski definition) is 3. The van der Waals surface area contributed by atoms with Crippen molar-refractivity contribution >= 4 is 0 Å². The van der Waals surface area contributed by atoms with E-state index in [2.05, 4.69) is 5.32 Å². The maximum Gasteiger partial charge on any atom is 0.123 e. The lowest BCUT2D eigenvalue weighted by atomic mass is 9.84. The molecule has 0 bridgehead atoms. The van der Waals surface area contributed by atoms with E-state index in [9.17, 15) is 9.50 Å². The van der Waals surface area contributed by atoms with Crippen LogP contribution in [0.3, 0.4) is 0 Å². The Kier molecular flexibility index (Phi) is 2.26. The maximum atomic E-state index is 12.6. The first-order valence-electron chi connectivity index (χ1n) is 4.56. The molecule has 1 heterocycles. The molecule has 0 saturated carbocycles. The first-order valence-corrected chi connectivity index (χ1v) is 4.56. The minimum Gasteiger partial charge on any atom is -0.385 e. The first-order chi connectivity index (χ1) is 6.62. The summed E-state index contributed by atoms with van der Waals surface area (Å²) in [6, 6.07) is 5.46. The molecule has 1 aromatic carbocycles. The molecule has 0 aliphatic carbocycles. The molecule has 0 aromatic heterocycles. The summed E-state index contributed by atoms with van der Waals surface area (Å²) in [5.74, 6) is -0.292. The van der Waals surface area contributed by atoms with Gasteiger partial charge in [-0.05, 0) is 17.7 Å². The molecule has 1 unspecified atom stereocenters. The molecule has 1 saturated heterocycles. The lowest BCUT2D eigenvalue weighted by Crippen LogP contribution is -2.64. The monoisotopic (exact) mass is 196 g/mol. The summed E-state index contributed by atoms with van der Waals surface area (Å²) in [6.07, 6.45) is 0. The fourth-order valence-electron chi connectivity index (χ4n) is 1.58. The molecule has 1 atom stereocenters. The zero-order valence-electron chi connectivity index (χ0n) is 7.70. The largest absolute Gasteiger partial charge is 0.385 e. The molecular formula is C10H13FN2O. The second-order valence-corrected chi connectivity index (χ2v) is 3.74. The van der Waals surface area contributed by atoms with Gasteiger partial charge >= 0.3 is 0 Å². The van der Waals surface area contributed by atoms with Gasteiger partial charge in [-0.15, -0.1) is 0 Å². The van der Waals surface area contributed by atoms with Crippen LogP contribution < -0.4 is 11.1 Å². The highest BCUT2D eigenvalue weighted by molar-refractivity contribution is 5.24. The van der Waals surface area contributed by atoms with E-state index in [0.29, 0.717) is 13.1 Å². The van der Waals surface area contributed by atoms with Crippen LogP contribution in [-0.2, 0) is 0 Å². The number of hydrogen-bond donors (Lipinski definition) is 3. The Hall–Kier alpha value is -0.970. The molecule has 4 N–H and O–H groups in total. The summed E-state index contributed by atoms with van der Waals surface area (Å²) in [7, 11) is 0. The summed E-state index contributed by atoms with van der Waals surface area (Å²) >= 11 is 0. The number of aliphatic hydroxyl groups is 1. The zero-order valence-corrected chi connectivity index (χ0v) is 7.70. The highest BCUT2D eigenvalue weighted by Gasteiger charge is 2.41. The van der Waals surface area contributed by atoms with Crippen LogP contribution in [0.25, 0.3) is 0 Å². The fraction of sp³-hybridized carbons (Fsp3) is 0.400. The average molecular weight is 196 g/mol. The Bertz CT molecular complexity index is 321. The molecular weight excluding hydrogens is 183 g/mol. The molecule has 1 aromatic rings. The lowest BCUT2D eigenvalue weighted by Gasteiger charge is -2.42. The van der Waals surface area contributed by atoms with Gasteiger partial charge in [0, 0.05) is 13.1 Å². The van der Waals surface area contributed by atoms with Gasteiger partial charge in [-0.2, -0.15) is 0 Å². The van der Waals surface area contributed by atoms with Gasteiger partial charge in [-0.3, -0.25) is 0 Å². The number of nitrogens with one attached hydrogen (secondary N) is 1. The van der Waals surface area contributed by atoms with E-state index in [-0.39, 0.29) is 5.82 Å². The maximum absolute atomic E-state index is 12.6. The van der Waals surface area contributed by atoms with Crippen molar-refractivity contribution < 1.29 is 9.50 Å². The number of β-amino-alcohol motifs (C(OH)–C–C–N with tert-alkyl or cyclic N) is 1. The highest BCUT2D eigenvalue weighted by Crippen LogP contribution is 2.26. The van der Waals surface area contributed by atoms with Gasteiger partial charge in [-0.25, -0.2) is 4.39 Å². The Balaban J connectivity index is 2.18. The summed E-state index contributed by atoms with van der Waals surface area (Å²) in [5.41, 5.74) is 5.75. The van der Waals surface area contributed by atoms with Gasteiger partial charge in [0.15, 0.2) is 0 Å². The van der Waals surface area contributed by atoms with Crippen molar-refractivity contribution in [1.29, 1.82) is 0 Å². The third-order valence-corrected chi connectivity index (χ3v) is 2.67. The van der Waals surface area contributed by atoms with E-state index in [0.717, 1.165) is 5.56 Å². The third kappa shape index (κ3) is 1.52. The van der Waals surface area contributed by atoms with Gasteiger partial charge in [0.05, 0.1) is 6.04 Å². The minimum absolute atomic E-state index is 0.292. The number of benzene rings is 1. The molecule has 1 aliphatic heterocycles. The Labute approximate surface area is 81.7 Å². The SMILES string of the molecule is NC(c1ccc(F)cc1)C1(O)CNC1. The quantitative estimate of drug-likeness (QED) is 0.631. The topological polar surface area (TPSA) is 58.3 Å². The smallest absolute Gasteiger partial charge is 0.123 e. The van der Waals surface area contributed by atoms with E-state index < -0.39 is 11.6 Å². The summed E-state index contributed by atoms with van der Waals surface area (Å²) < 4.78 is 12.6. The lowest BCUT2D eigenvalue weighted by molar-refractivity contribution is -0.0333. The van der Waals surface area contributed by atoms with Crippen molar-refractivity contribution in [3.8, 4) is 0 Å². The van der Waals surface area contributed by atoms with Crippen LogP contribution in [0.2, 0.25) is 0 Å². The predicted octanol–water partition coefficient (Wildman–Crippen LogP) is 0.160. The molecule has 0 radical (unpaired) electrons. The Morgan fingerprint density at radius 2 is 1.93 bits per heavy atom. The molecule has 3 nitrogen and oxygen atoms in total. The Morgan fingerprint density at radius 3 is 2.36 bits per heavy atom. The molecule has 76 valence electrons. The van der Waals surface area contributed by atoms with Crippen LogP contribution in [0.4, 0.5) is 4.39 Å². The van der Waals surface area contributed by atoms with Gasteiger partial charge in [0.2, 0.25) is 0 Å². The van der Waals surface area contributed by atoms with Crippen molar-refractivity contribution in [2.75, 3.05) is 13.1 Å². The van der Waals surface area contributed by atoms with Crippen LogP contribution in [0.1, 0.15) is 11.6 Å². The standard InChI is InChI=1S/C10H13FN2O/c11-8-3-1-7(2-4-8)9(12)10(14)5-13-6-10/h1-4,9,13-14H,5-6,12H2. The molecule has 1 fully saturated rings. The minimum atomic E-state index is -0.877. The second kappa shape index (κ2) is 3.31. The Morgan fingerprint density at radius 1 is 1.36 bits per heavy atom. The van der Waals surface area contributed by atoms with Gasteiger partial charge in [0.25, 0.3) is 0 Å². The number of halogens is 1. The number of nitrogens with two attached hydrogens (primary N) is 1. The summed E-state index contributed by atoms with van der Waals surface area (Å²) in [5, 5.41) is 12.9. The molecule has 0 spiro atoms. The van der Waals surface area contributed by atoms with Gasteiger partial charge in [-0.1, -0.05) is 12.1 Å².